The predicted octanol–water partition coefficient (Wildman–Crippen LogP) is 3.22. The molecule has 2 aromatic rings. The average molecular weight is 269 g/mol. The molecule has 3 heteroatoms. The van der Waals surface area contributed by atoms with Crippen LogP contribution in [0.4, 0.5) is 0 Å². The van der Waals surface area contributed by atoms with Crippen LogP contribution in [0.2, 0.25) is 0 Å². The van der Waals surface area contributed by atoms with Crippen molar-refractivity contribution < 1.29 is 9.90 Å². The van der Waals surface area contributed by atoms with Crippen LogP contribution in [0.1, 0.15) is 28.3 Å². The molecule has 3 nitrogen and oxygen atoms in total. The molecule has 0 amide bonds. The Morgan fingerprint density at radius 2 is 1.65 bits per heavy atom. The van der Waals surface area contributed by atoms with E-state index in [1.165, 1.54) is 11.1 Å². The molecular formula is C17H19NO2. The lowest BCUT2D eigenvalue weighted by molar-refractivity contribution is -0.139. The summed E-state index contributed by atoms with van der Waals surface area (Å²) in [7, 11) is 0. The van der Waals surface area contributed by atoms with E-state index >= 15 is 0 Å². The maximum atomic E-state index is 11.4. The molecule has 0 aliphatic heterocycles. The third-order valence-electron chi connectivity index (χ3n) is 3.51. The van der Waals surface area contributed by atoms with Crippen molar-refractivity contribution in [3.8, 4) is 0 Å². The summed E-state index contributed by atoms with van der Waals surface area (Å²) in [6.45, 7) is 4.63. The van der Waals surface area contributed by atoms with Crippen molar-refractivity contribution in [1.82, 2.24) is 5.32 Å². The Labute approximate surface area is 119 Å². The number of benzene rings is 2. The average Bonchev–Trinajstić information content (AvgIpc) is 2.43. The summed E-state index contributed by atoms with van der Waals surface area (Å²) >= 11 is 0. The lowest BCUT2D eigenvalue weighted by Gasteiger charge is -2.17. The molecule has 2 rings (SSSR count). The van der Waals surface area contributed by atoms with Crippen LogP contribution in [0, 0.1) is 13.8 Å². The van der Waals surface area contributed by atoms with Gasteiger partial charge in [0.25, 0.3) is 0 Å². The van der Waals surface area contributed by atoms with Crippen LogP contribution in [-0.4, -0.2) is 11.1 Å². The van der Waals surface area contributed by atoms with Gasteiger partial charge in [0, 0.05) is 6.54 Å². The van der Waals surface area contributed by atoms with Gasteiger partial charge >= 0.3 is 5.97 Å². The number of aliphatic carboxylic acids is 1. The zero-order chi connectivity index (χ0) is 14.5. The molecule has 0 radical (unpaired) electrons. The Balaban J connectivity index is 2.17. The Kier molecular flexibility index (Phi) is 4.53. The van der Waals surface area contributed by atoms with Gasteiger partial charge in [0.15, 0.2) is 0 Å². The number of hydrogen-bond donors (Lipinski definition) is 2. The summed E-state index contributed by atoms with van der Waals surface area (Å²) in [4.78, 5) is 11.4. The minimum atomic E-state index is -0.859. The van der Waals surface area contributed by atoms with Gasteiger partial charge in [-0.25, -0.2) is 0 Å². The molecule has 0 spiro atoms. The van der Waals surface area contributed by atoms with Crippen molar-refractivity contribution >= 4 is 5.97 Å². The molecule has 0 fully saturated rings. The van der Waals surface area contributed by atoms with Crippen molar-refractivity contribution in [2.45, 2.75) is 26.4 Å². The van der Waals surface area contributed by atoms with E-state index in [-0.39, 0.29) is 0 Å². The van der Waals surface area contributed by atoms with Crippen LogP contribution in [0.3, 0.4) is 0 Å². The van der Waals surface area contributed by atoms with Crippen LogP contribution < -0.4 is 5.32 Å². The molecule has 0 bridgehead atoms. The van der Waals surface area contributed by atoms with E-state index in [0.717, 1.165) is 11.1 Å². The molecule has 104 valence electrons. The second-order valence-electron chi connectivity index (χ2n) is 4.93. The topological polar surface area (TPSA) is 49.3 Å². The first-order valence-corrected chi connectivity index (χ1v) is 6.66. The zero-order valence-corrected chi connectivity index (χ0v) is 11.8. The first-order chi connectivity index (χ1) is 9.59. The fraction of sp³-hybridized carbons (Fsp3) is 0.235. The maximum absolute atomic E-state index is 11.4. The predicted molar refractivity (Wildman–Crippen MR) is 79.6 cm³/mol. The van der Waals surface area contributed by atoms with Crippen molar-refractivity contribution in [3.63, 3.8) is 0 Å². The lowest BCUT2D eigenvalue weighted by Crippen LogP contribution is -2.28. The van der Waals surface area contributed by atoms with E-state index in [1.54, 1.807) is 0 Å². The highest BCUT2D eigenvalue weighted by molar-refractivity contribution is 5.75. The quantitative estimate of drug-likeness (QED) is 0.876. The number of carboxylic acid groups (broad SMARTS) is 1. The first-order valence-electron chi connectivity index (χ1n) is 6.66. The van der Waals surface area contributed by atoms with Gasteiger partial charge in [-0.1, -0.05) is 48.5 Å². The molecule has 1 unspecified atom stereocenters. The number of hydrogen-bond acceptors (Lipinski definition) is 2. The van der Waals surface area contributed by atoms with Gasteiger partial charge in [0.2, 0.25) is 0 Å². The fourth-order valence-corrected chi connectivity index (χ4v) is 2.33. The van der Waals surface area contributed by atoms with Crippen LogP contribution in [0.5, 0.6) is 0 Å². The van der Waals surface area contributed by atoms with E-state index in [2.05, 4.69) is 5.32 Å². The maximum Gasteiger partial charge on any atom is 0.325 e. The Morgan fingerprint density at radius 3 is 2.20 bits per heavy atom. The smallest absolute Gasteiger partial charge is 0.325 e. The highest BCUT2D eigenvalue weighted by Gasteiger charge is 2.19. The third-order valence-corrected chi connectivity index (χ3v) is 3.51. The van der Waals surface area contributed by atoms with Crippen molar-refractivity contribution in [1.29, 1.82) is 0 Å². The minimum Gasteiger partial charge on any atom is -0.480 e. The van der Waals surface area contributed by atoms with Crippen molar-refractivity contribution in [2.75, 3.05) is 0 Å². The summed E-state index contributed by atoms with van der Waals surface area (Å²) in [5.74, 6) is -0.859. The van der Waals surface area contributed by atoms with E-state index in [9.17, 15) is 9.90 Å². The summed E-state index contributed by atoms with van der Waals surface area (Å²) in [6.07, 6.45) is 0. The number of aryl methyl sites for hydroxylation is 2. The van der Waals surface area contributed by atoms with E-state index in [4.69, 9.17) is 0 Å². The number of nitrogens with one attached hydrogen (secondary N) is 1. The van der Waals surface area contributed by atoms with Crippen LogP contribution >= 0.6 is 0 Å². The molecule has 1 atom stereocenters. The Bertz CT molecular complexity index is 573. The molecular weight excluding hydrogens is 250 g/mol. The van der Waals surface area contributed by atoms with E-state index < -0.39 is 12.0 Å². The van der Waals surface area contributed by atoms with Gasteiger partial charge in [-0.2, -0.15) is 0 Å². The van der Waals surface area contributed by atoms with Gasteiger partial charge in [-0.05, 0) is 36.1 Å². The van der Waals surface area contributed by atoms with Crippen LogP contribution in [0.15, 0.2) is 48.5 Å². The second-order valence-corrected chi connectivity index (χ2v) is 4.93. The summed E-state index contributed by atoms with van der Waals surface area (Å²) in [5.41, 5.74) is 4.28. The number of rotatable bonds is 5. The molecule has 0 saturated heterocycles. The normalized spacial score (nSPS) is 12.1. The number of carboxylic acids is 1. The number of carbonyl (C=O) groups is 1. The van der Waals surface area contributed by atoms with Gasteiger partial charge in [0.05, 0.1) is 0 Å². The minimum absolute atomic E-state index is 0.546. The van der Waals surface area contributed by atoms with E-state index in [0.29, 0.717) is 6.54 Å². The first kappa shape index (κ1) is 14.3. The largest absolute Gasteiger partial charge is 0.480 e. The van der Waals surface area contributed by atoms with Crippen LogP contribution in [0.25, 0.3) is 0 Å². The monoisotopic (exact) mass is 269 g/mol. The Morgan fingerprint density at radius 1 is 1.05 bits per heavy atom. The Hall–Kier alpha value is -2.13. The summed E-state index contributed by atoms with van der Waals surface area (Å²) < 4.78 is 0. The highest BCUT2D eigenvalue weighted by atomic mass is 16.4. The summed E-state index contributed by atoms with van der Waals surface area (Å²) in [5, 5.41) is 12.5. The van der Waals surface area contributed by atoms with Gasteiger partial charge < -0.3 is 5.11 Å². The molecule has 0 heterocycles. The standard InChI is InChI=1S/C17H19NO2/c1-12-7-6-8-13(2)15(12)11-18-16(17(19)20)14-9-4-3-5-10-14/h3-10,16,18H,11H2,1-2H3,(H,19,20). The van der Waals surface area contributed by atoms with Crippen molar-refractivity contribution in [2.24, 2.45) is 0 Å². The fourth-order valence-electron chi connectivity index (χ4n) is 2.33. The van der Waals surface area contributed by atoms with Gasteiger partial charge in [0.1, 0.15) is 6.04 Å². The molecule has 0 aliphatic carbocycles. The van der Waals surface area contributed by atoms with Crippen LogP contribution in [-0.2, 0) is 11.3 Å². The molecule has 2 N–H and O–H groups in total. The van der Waals surface area contributed by atoms with Gasteiger partial charge in [-0.3, -0.25) is 10.1 Å². The lowest BCUT2D eigenvalue weighted by atomic mass is 10.0. The second kappa shape index (κ2) is 6.35. The molecule has 0 aromatic heterocycles. The SMILES string of the molecule is Cc1cccc(C)c1CNC(C(=O)O)c1ccccc1. The molecule has 20 heavy (non-hydrogen) atoms. The molecule has 2 aromatic carbocycles. The summed E-state index contributed by atoms with van der Waals surface area (Å²) in [6, 6.07) is 14.7. The molecule has 0 aliphatic rings. The zero-order valence-electron chi connectivity index (χ0n) is 11.8. The molecule has 0 saturated carbocycles. The van der Waals surface area contributed by atoms with Gasteiger partial charge in [-0.15, -0.1) is 0 Å². The third kappa shape index (κ3) is 3.25. The highest BCUT2D eigenvalue weighted by Crippen LogP contribution is 2.17. The van der Waals surface area contributed by atoms with Crippen molar-refractivity contribution in [3.05, 3.63) is 70.8 Å². The van der Waals surface area contributed by atoms with E-state index in [1.807, 2.05) is 62.4 Å².